The summed E-state index contributed by atoms with van der Waals surface area (Å²) in [7, 11) is -1.28. The number of fused-ring (bicyclic) bond motifs is 1. The Morgan fingerprint density at radius 3 is 2.40 bits per heavy atom. The van der Waals surface area contributed by atoms with Gasteiger partial charge in [0.25, 0.3) is 0 Å². The number of carbonyl (C=O) groups excluding carboxylic acids is 2. The molecule has 9 heteroatoms. The number of carbonyl (C=O) groups is 2. The van der Waals surface area contributed by atoms with Gasteiger partial charge in [-0.25, -0.2) is 4.79 Å². The molecule has 2 aliphatic heterocycles. The van der Waals surface area contributed by atoms with Crippen LogP contribution in [0.4, 0.5) is 4.79 Å². The van der Waals surface area contributed by atoms with E-state index in [1.165, 1.54) is 12.8 Å². The van der Waals surface area contributed by atoms with Crippen molar-refractivity contribution in [1.82, 2.24) is 10.2 Å². The highest BCUT2D eigenvalue weighted by molar-refractivity contribution is 8.02. The molecular weight excluding hydrogens is 463 g/mol. The van der Waals surface area contributed by atoms with E-state index in [-0.39, 0.29) is 17.2 Å². The Kier molecular flexibility index (Phi) is 9.02. The summed E-state index contributed by atoms with van der Waals surface area (Å²) in [4.78, 5) is 27.6. The zero-order valence-electron chi connectivity index (χ0n) is 21.8. The first-order chi connectivity index (χ1) is 16.6. The molecular formula is C26H45BN2O5S. The van der Waals surface area contributed by atoms with E-state index < -0.39 is 12.7 Å². The molecule has 6 unspecified atom stereocenters. The number of amides is 2. The van der Waals surface area contributed by atoms with Gasteiger partial charge >= 0.3 is 13.2 Å². The molecule has 2 saturated carbocycles. The Morgan fingerprint density at radius 1 is 1.00 bits per heavy atom. The van der Waals surface area contributed by atoms with Gasteiger partial charge < -0.3 is 25.0 Å². The number of alkyl carbamates (subject to hydrolysis) is 1. The fraction of sp³-hybridized carbons (Fsp3) is 0.923. The molecule has 2 amide bonds. The van der Waals surface area contributed by atoms with Crippen LogP contribution in [0, 0.1) is 29.6 Å². The minimum Gasteiger partial charge on any atom is -0.444 e. The third-order valence-electron chi connectivity index (χ3n) is 8.78. The van der Waals surface area contributed by atoms with Crippen LogP contribution < -0.4 is 5.32 Å². The molecule has 4 rings (SSSR count). The van der Waals surface area contributed by atoms with Gasteiger partial charge in [0.05, 0.1) is 0 Å². The molecule has 4 fully saturated rings. The topological polar surface area (TPSA) is 99.1 Å². The fourth-order valence-electron chi connectivity index (χ4n) is 7.07. The monoisotopic (exact) mass is 508 g/mol. The van der Waals surface area contributed by atoms with Crippen LogP contribution in [-0.2, 0) is 9.53 Å². The van der Waals surface area contributed by atoms with Crippen molar-refractivity contribution < 1.29 is 24.4 Å². The molecule has 2 saturated heterocycles. The van der Waals surface area contributed by atoms with Crippen LogP contribution >= 0.6 is 11.8 Å². The summed E-state index contributed by atoms with van der Waals surface area (Å²) in [5.74, 6) is 2.52. The molecule has 35 heavy (non-hydrogen) atoms. The van der Waals surface area contributed by atoms with Crippen LogP contribution in [0.25, 0.3) is 0 Å². The lowest BCUT2D eigenvalue weighted by Crippen LogP contribution is -2.47. The summed E-state index contributed by atoms with van der Waals surface area (Å²) >= 11 is 1.69. The number of piperidine rings is 1. The Bertz CT molecular complexity index is 740. The van der Waals surface area contributed by atoms with E-state index in [2.05, 4.69) is 10.2 Å². The van der Waals surface area contributed by atoms with Crippen LogP contribution in [0.1, 0.15) is 85.0 Å². The van der Waals surface area contributed by atoms with Crippen molar-refractivity contribution in [2.45, 2.75) is 101 Å². The average Bonchev–Trinajstić information content (AvgIpc) is 3.27. The zero-order chi connectivity index (χ0) is 25.2. The van der Waals surface area contributed by atoms with Gasteiger partial charge in [0.15, 0.2) is 0 Å². The van der Waals surface area contributed by atoms with E-state index in [9.17, 15) is 19.6 Å². The number of nitrogens with one attached hydrogen (secondary N) is 1. The number of hydrogen-bond donors (Lipinski definition) is 3. The van der Waals surface area contributed by atoms with E-state index in [4.69, 9.17) is 4.74 Å². The lowest BCUT2D eigenvalue weighted by molar-refractivity contribution is -0.140. The number of likely N-dealkylation sites (tertiary alicyclic amines) is 1. The van der Waals surface area contributed by atoms with Crippen LogP contribution in [0.3, 0.4) is 0 Å². The Balaban J connectivity index is 1.23. The highest BCUT2D eigenvalue weighted by Gasteiger charge is 2.48. The standard InChI is InChI=1S/C26H45BN2O5S/c1-26(2,3)34-25(31)28-16-17-6-4-7-19(14-17)18-10-12-29(13-11-18)24(30)20-8-5-9-22-21(20)15-23(35-22)27(32)33/h17-23,32-33H,4-16H2,1-3H3,(H,28,31). The van der Waals surface area contributed by atoms with Crippen molar-refractivity contribution in [3.8, 4) is 0 Å². The minimum absolute atomic E-state index is 0.0551. The highest BCUT2D eigenvalue weighted by Crippen LogP contribution is 2.49. The summed E-state index contributed by atoms with van der Waals surface area (Å²) in [6, 6.07) is 0. The second kappa shape index (κ2) is 11.6. The van der Waals surface area contributed by atoms with E-state index in [1.54, 1.807) is 11.8 Å². The zero-order valence-corrected chi connectivity index (χ0v) is 22.6. The summed E-state index contributed by atoms with van der Waals surface area (Å²) in [5.41, 5.74) is -0.471. The van der Waals surface area contributed by atoms with Gasteiger partial charge in [-0.1, -0.05) is 19.3 Å². The molecule has 4 aliphatic rings. The number of thioether (sulfide) groups is 1. The predicted octanol–water partition coefficient (Wildman–Crippen LogP) is 3.86. The minimum atomic E-state index is -1.28. The molecule has 3 N–H and O–H groups in total. The van der Waals surface area contributed by atoms with Gasteiger partial charge in [0.1, 0.15) is 5.60 Å². The van der Waals surface area contributed by atoms with Crippen molar-refractivity contribution in [2.75, 3.05) is 19.6 Å². The van der Waals surface area contributed by atoms with Gasteiger partial charge in [0, 0.05) is 36.0 Å². The molecule has 0 aromatic rings. The number of hydrogen-bond acceptors (Lipinski definition) is 6. The molecule has 0 aromatic carbocycles. The summed E-state index contributed by atoms with van der Waals surface area (Å²) < 4.78 is 5.39. The lowest BCUT2D eigenvalue weighted by Gasteiger charge is -2.42. The predicted molar refractivity (Wildman–Crippen MR) is 140 cm³/mol. The Morgan fingerprint density at radius 2 is 1.71 bits per heavy atom. The van der Waals surface area contributed by atoms with Gasteiger partial charge in [0.2, 0.25) is 5.91 Å². The van der Waals surface area contributed by atoms with Gasteiger partial charge in [-0.05, 0) is 89.4 Å². The van der Waals surface area contributed by atoms with Crippen LogP contribution in [-0.4, -0.2) is 69.7 Å². The van der Waals surface area contributed by atoms with Crippen LogP contribution in [0.5, 0.6) is 0 Å². The molecule has 7 nitrogen and oxygen atoms in total. The maximum Gasteiger partial charge on any atom is 0.465 e. The van der Waals surface area contributed by atoms with Crippen LogP contribution in [0.2, 0.25) is 0 Å². The normalized spacial score (nSPS) is 34.3. The third kappa shape index (κ3) is 7.10. The molecule has 0 bridgehead atoms. The smallest absolute Gasteiger partial charge is 0.444 e. The second-order valence-electron chi connectivity index (χ2n) is 12.4. The first-order valence-corrected chi connectivity index (χ1v) is 14.8. The lowest BCUT2D eigenvalue weighted by atomic mass is 9.70. The maximum atomic E-state index is 13.5. The largest absolute Gasteiger partial charge is 0.465 e. The van der Waals surface area contributed by atoms with Crippen LogP contribution in [0.15, 0.2) is 0 Å². The molecule has 0 radical (unpaired) electrons. The van der Waals surface area contributed by atoms with Crippen molar-refractivity contribution in [3.63, 3.8) is 0 Å². The van der Waals surface area contributed by atoms with E-state index in [0.717, 1.165) is 64.5 Å². The molecule has 6 atom stereocenters. The summed E-state index contributed by atoms with van der Waals surface area (Å²) in [6.45, 7) is 8.05. The quantitative estimate of drug-likeness (QED) is 0.488. The van der Waals surface area contributed by atoms with Gasteiger partial charge in [-0.2, -0.15) is 11.8 Å². The molecule has 0 aromatic heterocycles. The first-order valence-electron chi connectivity index (χ1n) is 13.9. The van der Waals surface area contributed by atoms with E-state index in [1.807, 2.05) is 20.8 Å². The average molecular weight is 509 g/mol. The van der Waals surface area contributed by atoms with Crippen molar-refractivity contribution in [1.29, 1.82) is 0 Å². The fourth-order valence-corrected chi connectivity index (χ4v) is 8.80. The SMILES string of the molecule is CC(C)(C)OC(=O)NCC1CCCC(C2CCN(C(=O)C3CCCC4SC(B(O)O)CC43)CC2)C1. The van der Waals surface area contributed by atoms with Crippen molar-refractivity contribution in [3.05, 3.63) is 0 Å². The molecule has 198 valence electrons. The number of rotatable bonds is 5. The van der Waals surface area contributed by atoms with E-state index >= 15 is 0 Å². The van der Waals surface area contributed by atoms with Crippen molar-refractivity contribution >= 4 is 30.9 Å². The van der Waals surface area contributed by atoms with Gasteiger partial charge in [-0.3, -0.25) is 4.79 Å². The summed E-state index contributed by atoms with van der Waals surface area (Å²) in [6.07, 6.45) is 10.5. The van der Waals surface area contributed by atoms with Crippen molar-refractivity contribution in [2.24, 2.45) is 29.6 Å². The molecule has 2 heterocycles. The third-order valence-corrected chi connectivity index (χ3v) is 10.5. The molecule has 0 spiro atoms. The Hall–Kier alpha value is -0.925. The summed E-state index contributed by atoms with van der Waals surface area (Å²) in [5, 5.41) is 22.6. The highest BCUT2D eigenvalue weighted by atomic mass is 32.2. The molecule has 2 aliphatic carbocycles. The second-order valence-corrected chi connectivity index (χ2v) is 13.9. The van der Waals surface area contributed by atoms with E-state index in [0.29, 0.717) is 41.4 Å². The van der Waals surface area contributed by atoms with Gasteiger partial charge in [-0.15, -0.1) is 0 Å². The number of nitrogens with zero attached hydrogens (tertiary/aromatic N) is 1. The Labute approximate surface area is 215 Å². The maximum absolute atomic E-state index is 13.5. The first kappa shape index (κ1) is 27.1. The number of ether oxygens (including phenoxy) is 1.